The van der Waals surface area contributed by atoms with Crippen molar-refractivity contribution in [1.29, 1.82) is 0 Å². The Morgan fingerprint density at radius 3 is 2.58 bits per heavy atom. The summed E-state index contributed by atoms with van der Waals surface area (Å²) in [6.45, 7) is 5.30. The van der Waals surface area contributed by atoms with Crippen molar-refractivity contribution in [3.63, 3.8) is 0 Å². The van der Waals surface area contributed by atoms with E-state index in [-0.39, 0.29) is 12.5 Å². The van der Waals surface area contributed by atoms with Crippen molar-refractivity contribution in [2.75, 3.05) is 29.9 Å². The zero-order valence-corrected chi connectivity index (χ0v) is 15.1. The molecule has 0 radical (unpaired) electrons. The number of carbonyl (C=O) groups is 2. The van der Waals surface area contributed by atoms with Crippen molar-refractivity contribution < 1.29 is 18.8 Å². The Morgan fingerprint density at radius 1 is 1.23 bits per heavy atom. The van der Waals surface area contributed by atoms with Crippen molar-refractivity contribution in [3.05, 3.63) is 41.3 Å². The van der Waals surface area contributed by atoms with Gasteiger partial charge in [-0.2, -0.15) is 0 Å². The van der Waals surface area contributed by atoms with Crippen molar-refractivity contribution in [2.45, 2.75) is 33.1 Å². The summed E-state index contributed by atoms with van der Waals surface area (Å²) in [6, 6.07) is 7.68. The molecule has 2 heterocycles. The van der Waals surface area contributed by atoms with E-state index in [0.717, 1.165) is 18.8 Å². The highest BCUT2D eigenvalue weighted by molar-refractivity contribution is 5.96. The lowest BCUT2D eigenvalue weighted by Crippen LogP contribution is -2.21. The lowest BCUT2D eigenvalue weighted by molar-refractivity contribution is -0.119. The number of hydrogen-bond acceptors (Lipinski definition) is 6. The number of esters is 1. The lowest BCUT2D eigenvalue weighted by Gasteiger charge is -2.17. The molecule has 7 heteroatoms. The second-order valence-electron chi connectivity index (χ2n) is 6.28. The summed E-state index contributed by atoms with van der Waals surface area (Å²) in [5, 5.41) is 6.54. The van der Waals surface area contributed by atoms with Gasteiger partial charge >= 0.3 is 5.97 Å². The van der Waals surface area contributed by atoms with Gasteiger partial charge in [-0.3, -0.25) is 4.79 Å². The standard InChI is InChI=1S/C19H23N3O4/c1-3-16-18(13(2)26-21-16)19(24)25-12-17(23)20-14-6-8-15(9-7-14)22-10-4-5-11-22/h6-9H,3-5,10-12H2,1-2H3,(H,20,23). The van der Waals surface area contributed by atoms with Crippen LogP contribution in [0.2, 0.25) is 0 Å². The van der Waals surface area contributed by atoms with Gasteiger partial charge in [-0.1, -0.05) is 12.1 Å². The van der Waals surface area contributed by atoms with Crippen molar-refractivity contribution in [2.24, 2.45) is 0 Å². The number of carbonyl (C=O) groups excluding carboxylic acids is 2. The van der Waals surface area contributed by atoms with Gasteiger partial charge in [0.15, 0.2) is 6.61 Å². The molecular weight excluding hydrogens is 334 g/mol. The summed E-state index contributed by atoms with van der Waals surface area (Å²) in [4.78, 5) is 26.5. The fraction of sp³-hybridized carbons (Fsp3) is 0.421. The van der Waals surface area contributed by atoms with E-state index in [9.17, 15) is 9.59 Å². The van der Waals surface area contributed by atoms with Crippen LogP contribution in [0.3, 0.4) is 0 Å². The molecule has 1 saturated heterocycles. The highest BCUT2D eigenvalue weighted by atomic mass is 16.5. The molecule has 1 N–H and O–H groups in total. The van der Waals surface area contributed by atoms with Gasteiger partial charge in [-0.25, -0.2) is 4.79 Å². The van der Waals surface area contributed by atoms with Gasteiger partial charge in [0, 0.05) is 24.5 Å². The topological polar surface area (TPSA) is 84.7 Å². The number of rotatable bonds is 6. The summed E-state index contributed by atoms with van der Waals surface area (Å²) < 4.78 is 10.1. The summed E-state index contributed by atoms with van der Waals surface area (Å²) in [5.41, 5.74) is 2.66. The molecule has 3 rings (SSSR count). The monoisotopic (exact) mass is 357 g/mol. The molecule has 0 aliphatic carbocycles. The SMILES string of the molecule is CCc1noc(C)c1C(=O)OCC(=O)Nc1ccc(N2CCCC2)cc1. The largest absolute Gasteiger partial charge is 0.452 e. The predicted molar refractivity (Wildman–Crippen MR) is 97.4 cm³/mol. The molecular formula is C19H23N3O4. The molecule has 1 aromatic carbocycles. The highest BCUT2D eigenvalue weighted by Crippen LogP contribution is 2.22. The molecule has 1 aromatic heterocycles. The molecule has 1 amide bonds. The summed E-state index contributed by atoms with van der Waals surface area (Å²) in [5.74, 6) is -0.593. The number of nitrogens with one attached hydrogen (secondary N) is 1. The summed E-state index contributed by atoms with van der Waals surface area (Å²) in [6.07, 6.45) is 2.99. The molecule has 1 aliphatic rings. The van der Waals surface area contributed by atoms with Gasteiger partial charge in [0.2, 0.25) is 0 Å². The van der Waals surface area contributed by atoms with Gasteiger partial charge in [-0.05, 0) is 50.5 Å². The number of benzene rings is 1. The molecule has 0 unspecified atom stereocenters. The molecule has 2 aromatic rings. The summed E-state index contributed by atoms with van der Waals surface area (Å²) in [7, 11) is 0. The van der Waals surface area contributed by atoms with Crippen LogP contribution in [0.1, 0.15) is 41.6 Å². The molecule has 0 bridgehead atoms. The van der Waals surface area contributed by atoms with Gasteiger partial charge in [0.25, 0.3) is 5.91 Å². The Balaban J connectivity index is 1.52. The maximum Gasteiger partial charge on any atom is 0.344 e. The Bertz CT molecular complexity index is 777. The van der Waals surface area contributed by atoms with Gasteiger partial charge in [0.1, 0.15) is 11.3 Å². The Morgan fingerprint density at radius 2 is 1.92 bits per heavy atom. The normalized spacial score (nSPS) is 13.7. The minimum Gasteiger partial charge on any atom is -0.452 e. The average molecular weight is 357 g/mol. The number of aromatic nitrogens is 1. The quantitative estimate of drug-likeness (QED) is 0.800. The molecule has 26 heavy (non-hydrogen) atoms. The van der Waals surface area contributed by atoms with Crippen molar-refractivity contribution >= 4 is 23.3 Å². The van der Waals surface area contributed by atoms with Crippen LogP contribution >= 0.6 is 0 Å². The third-order valence-corrected chi connectivity index (χ3v) is 4.43. The Kier molecular flexibility index (Phi) is 5.55. The minimum absolute atomic E-state index is 0.301. The fourth-order valence-corrected chi connectivity index (χ4v) is 3.05. The first-order chi connectivity index (χ1) is 12.6. The van der Waals surface area contributed by atoms with E-state index in [0.29, 0.717) is 29.1 Å². The lowest BCUT2D eigenvalue weighted by atomic mass is 10.1. The van der Waals surface area contributed by atoms with Crippen LogP contribution in [0.4, 0.5) is 11.4 Å². The van der Waals surface area contributed by atoms with E-state index in [2.05, 4.69) is 15.4 Å². The van der Waals surface area contributed by atoms with Crippen LogP contribution < -0.4 is 10.2 Å². The smallest absolute Gasteiger partial charge is 0.344 e. The van der Waals surface area contributed by atoms with Gasteiger partial charge in [0.05, 0.1) is 5.69 Å². The van der Waals surface area contributed by atoms with Crippen LogP contribution in [0.25, 0.3) is 0 Å². The molecule has 7 nitrogen and oxygen atoms in total. The van der Waals surface area contributed by atoms with E-state index in [4.69, 9.17) is 9.26 Å². The third-order valence-electron chi connectivity index (χ3n) is 4.43. The second kappa shape index (κ2) is 8.03. The number of nitrogens with zero attached hydrogens (tertiary/aromatic N) is 2. The zero-order valence-electron chi connectivity index (χ0n) is 15.1. The first-order valence-electron chi connectivity index (χ1n) is 8.85. The first-order valence-corrected chi connectivity index (χ1v) is 8.85. The average Bonchev–Trinajstić information content (AvgIpc) is 3.30. The van der Waals surface area contributed by atoms with Crippen LogP contribution in [-0.4, -0.2) is 36.7 Å². The maximum absolute atomic E-state index is 12.1. The molecule has 0 saturated carbocycles. The van der Waals surface area contributed by atoms with Crippen molar-refractivity contribution in [3.8, 4) is 0 Å². The molecule has 138 valence electrons. The highest BCUT2D eigenvalue weighted by Gasteiger charge is 2.21. The van der Waals surface area contributed by atoms with E-state index >= 15 is 0 Å². The van der Waals surface area contributed by atoms with Crippen LogP contribution in [0.15, 0.2) is 28.8 Å². The van der Waals surface area contributed by atoms with Gasteiger partial charge < -0.3 is 19.5 Å². The number of aryl methyl sites for hydroxylation is 2. The van der Waals surface area contributed by atoms with Crippen LogP contribution in [-0.2, 0) is 16.0 Å². The number of amides is 1. The summed E-state index contributed by atoms with van der Waals surface area (Å²) >= 11 is 0. The van der Waals surface area contributed by atoms with E-state index in [1.54, 1.807) is 6.92 Å². The van der Waals surface area contributed by atoms with E-state index in [1.807, 2.05) is 31.2 Å². The Hall–Kier alpha value is -2.83. The van der Waals surface area contributed by atoms with Gasteiger partial charge in [-0.15, -0.1) is 0 Å². The first kappa shape index (κ1) is 18.0. The van der Waals surface area contributed by atoms with Crippen LogP contribution in [0.5, 0.6) is 0 Å². The number of ether oxygens (including phenoxy) is 1. The molecule has 1 aliphatic heterocycles. The van der Waals surface area contributed by atoms with Crippen LogP contribution in [0, 0.1) is 6.92 Å². The number of hydrogen-bond donors (Lipinski definition) is 1. The number of anilines is 2. The second-order valence-corrected chi connectivity index (χ2v) is 6.28. The minimum atomic E-state index is -0.597. The molecule has 1 fully saturated rings. The van der Waals surface area contributed by atoms with E-state index in [1.165, 1.54) is 12.8 Å². The molecule has 0 atom stereocenters. The maximum atomic E-state index is 12.1. The molecule has 0 spiro atoms. The van der Waals surface area contributed by atoms with E-state index < -0.39 is 5.97 Å². The predicted octanol–water partition coefficient (Wildman–Crippen LogP) is 2.94. The fourth-order valence-electron chi connectivity index (χ4n) is 3.05. The van der Waals surface area contributed by atoms with Crippen molar-refractivity contribution in [1.82, 2.24) is 5.16 Å². The zero-order chi connectivity index (χ0) is 18.5. The Labute approximate surface area is 152 Å². The third kappa shape index (κ3) is 4.04.